The molecule has 1 aromatic heterocycles. The maximum atomic E-state index is 6.29. The lowest BCUT2D eigenvalue weighted by molar-refractivity contribution is 0.165. The Morgan fingerprint density at radius 2 is 1.69 bits per heavy atom. The molecule has 5 rings (SSSR count). The van der Waals surface area contributed by atoms with Crippen molar-refractivity contribution >= 4 is 6.02 Å². The summed E-state index contributed by atoms with van der Waals surface area (Å²) in [6.07, 6.45) is 4.75. The second-order valence-corrected chi connectivity index (χ2v) is 9.42. The van der Waals surface area contributed by atoms with Gasteiger partial charge in [0, 0.05) is 29.1 Å². The lowest BCUT2D eigenvalue weighted by atomic mass is 9.76. The van der Waals surface area contributed by atoms with Gasteiger partial charge in [-0.05, 0) is 48.2 Å². The number of hydrogen-bond acceptors (Lipinski definition) is 7. The van der Waals surface area contributed by atoms with E-state index in [0.29, 0.717) is 12.4 Å². The number of fused-ring (bicyclic) bond motifs is 4. The van der Waals surface area contributed by atoms with Gasteiger partial charge in [0.25, 0.3) is 6.02 Å². The molecular formula is C25H26N4O3. The number of benzene rings is 2. The third kappa shape index (κ3) is 3.34. The van der Waals surface area contributed by atoms with Crippen LogP contribution < -0.4 is 15.2 Å². The van der Waals surface area contributed by atoms with E-state index >= 15 is 0 Å². The standard InChI is InChI=1S/C25H26N4O3/c1-15-25(29-23(26)31-15)19-9-16(17-11-27-14-28-12-17)5-7-21(19)32-22-8-6-18(10-20(22)25)30-13-24(2,3)4/h5-12,14-15H,13H2,1-4H3,(H2,26,29)/t15-,25+/m0/s1. The minimum Gasteiger partial charge on any atom is -0.493 e. The van der Waals surface area contributed by atoms with Gasteiger partial charge in [-0.15, -0.1) is 0 Å². The molecule has 3 heterocycles. The SMILES string of the molecule is C[C@@H]1OC(N)=N[C@]12c1cc(OCC(C)(C)C)ccc1Oc1ccc(-c3cncnc3)cc12. The van der Waals surface area contributed by atoms with E-state index in [2.05, 4.69) is 36.8 Å². The topological polar surface area (TPSA) is 91.9 Å². The second-order valence-electron chi connectivity index (χ2n) is 9.42. The Labute approximate surface area is 187 Å². The van der Waals surface area contributed by atoms with Gasteiger partial charge in [0.15, 0.2) is 5.54 Å². The van der Waals surface area contributed by atoms with Crippen LogP contribution in [0.4, 0.5) is 0 Å². The summed E-state index contributed by atoms with van der Waals surface area (Å²) in [7, 11) is 0. The minimum absolute atomic E-state index is 0.0374. The van der Waals surface area contributed by atoms with Crippen LogP contribution in [0.2, 0.25) is 0 Å². The van der Waals surface area contributed by atoms with Gasteiger partial charge in [0.05, 0.1) is 6.61 Å². The molecule has 0 saturated carbocycles. The second kappa shape index (κ2) is 7.22. The third-order valence-corrected chi connectivity index (χ3v) is 5.71. The maximum Gasteiger partial charge on any atom is 0.283 e. The molecule has 164 valence electrons. The fourth-order valence-corrected chi connectivity index (χ4v) is 4.21. The predicted octanol–water partition coefficient (Wildman–Crippen LogP) is 4.65. The molecule has 32 heavy (non-hydrogen) atoms. The Kier molecular flexibility index (Phi) is 4.58. The molecule has 1 spiro atoms. The summed E-state index contributed by atoms with van der Waals surface area (Å²) in [5, 5.41) is 0. The molecule has 7 nitrogen and oxygen atoms in total. The van der Waals surface area contributed by atoms with Gasteiger partial charge in [-0.1, -0.05) is 26.8 Å². The number of amidine groups is 1. The van der Waals surface area contributed by atoms with Crippen LogP contribution in [0.3, 0.4) is 0 Å². The summed E-state index contributed by atoms with van der Waals surface area (Å²) in [6.45, 7) is 8.98. The monoisotopic (exact) mass is 430 g/mol. The highest BCUT2D eigenvalue weighted by atomic mass is 16.5. The van der Waals surface area contributed by atoms with E-state index in [1.807, 2.05) is 37.3 Å². The maximum absolute atomic E-state index is 6.29. The first kappa shape index (κ1) is 20.3. The molecule has 2 aliphatic heterocycles. The molecule has 2 N–H and O–H groups in total. The Bertz CT molecular complexity index is 1200. The highest BCUT2D eigenvalue weighted by molar-refractivity contribution is 5.78. The van der Waals surface area contributed by atoms with E-state index in [0.717, 1.165) is 33.8 Å². The summed E-state index contributed by atoms with van der Waals surface area (Å²) >= 11 is 0. The number of ether oxygens (including phenoxy) is 3. The van der Waals surface area contributed by atoms with Crippen molar-refractivity contribution in [1.29, 1.82) is 0 Å². The fourth-order valence-electron chi connectivity index (χ4n) is 4.21. The summed E-state index contributed by atoms with van der Waals surface area (Å²) in [5.41, 5.74) is 8.89. The van der Waals surface area contributed by atoms with Gasteiger partial charge in [-0.3, -0.25) is 0 Å². The Balaban J connectivity index is 1.66. The molecule has 3 aromatic rings. The van der Waals surface area contributed by atoms with Crippen LogP contribution in [0.1, 0.15) is 38.8 Å². The Hall–Kier alpha value is -3.61. The Morgan fingerprint density at radius 1 is 1.00 bits per heavy atom. The van der Waals surface area contributed by atoms with Crippen LogP contribution >= 0.6 is 0 Å². The van der Waals surface area contributed by atoms with Crippen molar-refractivity contribution in [3.05, 3.63) is 66.2 Å². The van der Waals surface area contributed by atoms with Crippen molar-refractivity contribution in [2.24, 2.45) is 16.1 Å². The van der Waals surface area contributed by atoms with Gasteiger partial charge >= 0.3 is 0 Å². The van der Waals surface area contributed by atoms with Crippen molar-refractivity contribution in [2.75, 3.05) is 6.61 Å². The van der Waals surface area contributed by atoms with Crippen LogP contribution in [0, 0.1) is 5.41 Å². The molecule has 2 atom stereocenters. The summed E-state index contributed by atoms with van der Waals surface area (Å²) in [6, 6.07) is 12.0. The number of rotatable bonds is 3. The normalized spacial score (nSPS) is 21.2. The molecule has 0 radical (unpaired) electrons. The molecule has 2 aromatic carbocycles. The smallest absolute Gasteiger partial charge is 0.283 e. The van der Waals surface area contributed by atoms with E-state index in [-0.39, 0.29) is 17.5 Å². The Morgan fingerprint density at radius 3 is 2.34 bits per heavy atom. The number of nitrogens with two attached hydrogens (primary N) is 1. The number of aliphatic imine (C=N–C) groups is 1. The van der Waals surface area contributed by atoms with Crippen molar-refractivity contribution in [3.63, 3.8) is 0 Å². The van der Waals surface area contributed by atoms with Crippen LogP contribution in [0.5, 0.6) is 17.2 Å². The molecule has 0 unspecified atom stereocenters. The van der Waals surface area contributed by atoms with Crippen LogP contribution in [-0.2, 0) is 10.3 Å². The zero-order valence-electron chi connectivity index (χ0n) is 18.6. The quantitative estimate of drug-likeness (QED) is 0.650. The number of aromatic nitrogens is 2. The predicted molar refractivity (Wildman–Crippen MR) is 122 cm³/mol. The van der Waals surface area contributed by atoms with E-state index < -0.39 is 5.54 Å². The highest BCUT2D eigenvalue weighted by Gasteiger charge is 2.52. The van der Waals surface area contributed by atoms with Crippen molar-refractivity contribution in [3.8, 4) is 28.4 Å². The summed E-state index contributed by atoms with van der Waals surface area (Å²) in [5.74, 6) is 2.19. The van der Waals surface area contributed by atoms with Crippen molar-refractivity contribution in [2.45, 2.75) is 39.3 Å². The zero-order chi connectivity index (χ0) is 22.5. The van der Waals surface area contributed by atoms with Gasteiger partial charge in [0.2, 0.25) is 0 Å². The first-order valence-corrected chi connectivity index (χ1v) is 10.6. The van der Waals surface area contributed by atoms with E-state index in [4.69, 9.17) is 24.9 Å². The molecule has 7 heteroatoms. The van der Waals surface area contributed by atoms with Crippen LogP contribution in [0.15, 0.2) is 60.1 Å². The average Bonchev–Trinajstić information content (AvgIpc) is 3.07. The van der Waals surface area contributed by atoms with E-state index in [1.165, 1.54) is 6.33 Å². The van der Waals surface area contributed by atoms with Crippen molar-refractivity contribution < 1.29 is 14.2 Å². The van der Waals surface area contributed by atoms with Crippen LogP contribution in [-0.4, -0.2) is 28.7 Å². The average molecular weight is 431 g/mol. The summed E-state index contributed by atoms with van der Waals surface area (Å²) < 4.78 is 18.3. The van der Waals surface area contributed by atoms with Crippen LogP contribution in [0.25, 0.3) is 11.1 Å². The molecule has 0 bridgehead atoms. The van der Waals surface area contributed by atoms with Gasteiger partial charge in [-0.2, -0.15) is 0 Å². The highest BCUT2D eigenvalue weighted by Crippen LogP contribution is 2.54. The molecule has 0 fully saturated rings. The lowest BCUT2D eigenvalue weighted by Gasteiger charge is -2.37. The summed E-state index contributed by atoms with van der Waals surface area (Å²) in [4.78, 5) is 13.1. The first-order chi connectivity index (χ1) is 15.3. The lowest BCUT2D eigenvalue weighted by Crippen LogP contribution is -2.37. The minimum atomic E-state index is -0.847. The van der Waals surface area contributed by atoms with Gasteiger partial charge < -0.3 is 19.9 Å². The van der Waals surface area contributed by atoms with Gasteiger partial charge in [0.1, 0.15) is 29.7 Å². The molecule has 0 aliphatic carbocycles. The number of nitrogens with zero attached hydrogens (tertiary/aromatic N) is 3. The van der Waals surface area contributed by atoms with E-state index in [1.54, 1.807) is 12.4 Å². The molecule has 2 aliphatic rings. The largest absolute Gasteiger partial charge is 0.493 e. The number of hydrogen-bond donors (Lipinski definition) is 1. The first-order valence-electron chi connectivity index (χ1n) is 10.6. The third-order valence-electron chi connectivity index (χ3n) is 5.71. The molecular weight excluding hydrogens is 404 g/mol. The molecule has 0 amide bonds. The van der Waals surface area contributed by atoms with E-state index in [9.17, 15) is 0 Å². The van der Waals surface area contributed by atoms with Gasteiger partial charge in [-0.25, -0.2) is 15.0 Å². The van der Waals surface area contributed by atoms with Crippen molar-refractivity contribution in [1.82, 2.24) is 9.97 Å². The zero-order valence-corrected chi connectivity index (χ0v) is 18.6. The molecule has 0 saturated heterocycles. The fraction of sp³-hybridized carbons (Fsp3) is 0.320.